The van der Waals surface area contributed by atoms with Crippen LogP contribution in [0.3, 0.4) is 0 Å². The topological polar surface area (TPSA) is 0 Å². The van der Waals surface area contributed by atoms with E-state index < -0.39 is 0 Å². The van der Waals surface area contributed by atoms with E-state index in [9.17, 15) is 0 Å². The molecule has 0 unspecified atom stereocenters. The van der Waals surface area contributed by atoms with Crippen LogP contribution in [0.5, 0.6) is 0 Å². The summed E-state index contributed by atoms with van der Waals surface area (Å²) in [5, 5.41) is 7.79. The summed E-state index contributed by atoms with van der Waals surface area (Å²) in [6.45, 7) is 6.99. The predicted octanol–water partition coefficient (Wildman–Crippen LogP) is 11.2. The van der Waals surface area contributed by atoms with Crippen LogP contribution in [-0.4, -0.2) is 0 Å². The van der Waals surface area contributed by atoms with E-state index in [1.54, 1.807) is 0 Å². The molecule has 0 fully saturated rings. The van der Waals surface area contributed by atoms with Crippen molar-refractivity contribution in [1.29, 1.82) is 0 Å². The van der Waals surface area contributed by atoms with Gasteiger partial charge in [0.25, 0.3) is 0 Å². The van der Waals surface area contributed by atoms with Gasteiger partial charge >= 0.3 is 0 Å². The standard InChI is InChI=1S/C38H28S/c1-23-21-34-37(39-23)32-20-19-25(22-33(32)38(34,2)3)35-28-14-6-8-16-30(28)36(31-17-9-7-15-29(31)35)27-18-10-12-24-11-4-5-13-26(24)27/h4-22H,1-3H3. The summed E-state index contributed by atoms with van der Waals surface area (Å²) in [4.78, 5) is 2.84. The quantitative estimate of drug-likeness (QED) is 0.200. The van der Waals surface area contributed by atoms with Gasteiger partial charge in [0, 0.05) is 15.2 Å². The Labute approximate surface area is 233 Å². The van der Waals surface area contributed by atoms with Crippen molar-refractivity contribution >= 4 is 43.7 Å². The zero-order valence-electron chi connectivity index (χ0n) is 22.4. The average Bonchev–Trinajstić information content (AvgIpc) is 3.45. The highest BCUT2D eigenvalue weighted by molar-refractivity contribution is 7.15. The zero-order chi connectivity index (χ0) is 26.3. The van der Waals surface area contributed by atoms with E-state index in [-0.39, 0.29) is 5.41 Å². The molecule has 0 spiro atoms. The first-order chi connectivity index (χ1) is 19.0. The largest absolute Gasteiger partial charge is 0.140 e. The van der Waals surface area contributed by atoms with Crippen LogP contribution < -0.4 is 0 Å². The van der Waals surface area contributed by atoms with E-state index >= 15 is 0 Å². The summed E-state index contributed by atoms with van der Waals surface area (Å²) in [7, 11) is 0. The summed E-state index contributed by atoms with van der Waals surface area (Å²) in [5.74, 6) is 0. The van der Waals surface area contributed by atoms with Gasteiger partial charge in [-0.15, -0.1) is 11.3 Å². The number of hydrogen-bond donors (Lipinski definition) is 0. The molecule has 8 rings (SSSR count). The van der Waals surface area contributed by atoms with Crippen molar-refractivity contribution in [3.05, 3.63) is 131 Å². The molecule has 6 aromatic carbocycles. The fourth-order valence-corrected chi connectivity index (χ4v) is 8.12. The van der Waals surface area contributed by atoms with E-state index in [0.717, 1.165) is 0 Å². The van der Waals surface area contributed by atoms with Crippen molar-refractivity contribution in [2.75, 3.05) is 0 Å². The van der Waals surface area contributed by atoms with E-state index in [2.05, 4.69) is 136 Å². The van der Waals surface area contributed by atoms with Crippen molar-refractivity contribution in [3.63, 3.8) is 0 Å². The van der Waals surface area contributed by atoms with Gasteiger partial charge in [-0.25, -0.2) is 0 Å². The molecule has 0 amide bonds. The first-order valence-corrected chi connectivity index (χ1v) is 14.5. The molecule has 1 aliphatic carbocycles. The first-order valence-electron chi connectivity index (χ1n) is 13.7. The molecule has 0 saturated heterocycles. The molecule has 0 aliphatic heterocycles. The van der Waals surface area contributed by atoms with Crippen molar-refractivity contribution in [1.82, 2.24) is 0 Å². The highest BCUT2D eigenvalue weighted by atomic mass is 32.1. The lowest BCUT2D eigenvalue weighted by molar-refractivity contribution is 0.661. The van der Waals surface area contributed by atoms with Crippen LogP contribution in [0.4, 0.5) is 0 Å². The van der Waals surface area contributed by atoms with Gasteiger partial charge in [-0.1, -0.05) is 117 Å². The number of rotatable bonds is 2. The smallest absolute Gasteiger partial charge is 0.0389 e. The number of aryl methyl sites for hydroxylation is 1. The van der Waals surface area contributed by atoms with Crippen LogP contribution >= 0.6 is 11.3 Å². The third-order valence-electron chi connectivity index (χ3n) is 8.75. The summed E-state index contributed by atoms with van der Waals surface area (Å²) >= 11 is 1.93. The van der Waals surface area contributed by atoms with E-state index in [4.69, 9.17) is 0 Å². The fraction of sp³-hybridized carbons (Fsp3) is 0.105. The average molecular weight is 517 g/mol. The van der Waals surface area contributed by atoms with Crippen molar-refractivity contribution in [2.24, 2.45) is 0 Å². The maximum absolute atomic E-state index is 2.48. The highest BCUT2D eigenvalue weighted by Gasteiger charge is 2.37. The molecule has 0 radical (unpaired) electrons. The summed E-state index contributed by atoms with van der Waals surface area (Å²) < 4.78 is 0. The van der Waals surface area contributed by atoms with Crippen LogP contribution in [0.2, 0.25) is 0 Å². The van der Waals surface area contributed by atoms with Gasteiger partial charge in [0.2, 0.25) is 0 Å². The molecular weight excluding hydrogens is 488 g/mol. The lowest BCUT2D eigenvalue weighted by Crippen LogP contribution is -2.14. The zero-order valence-corrected chi connectivity index (χ0v) is 23.2. The van der Waals surface area contributed by atoms with Crippen molar-refractivity contribution in [2.45, 2.75) is 26.2 Å². The van der Waals surface area contributed by atoms with E-state index in [1.165, 1.54) is 81.0 Å². The minimum absolute atomic E-state index is 0.0000608. The first kappa shape index (κ1) is 22.8. The number of fused-ring (bicyclic) bond motifs is 6. The van der Waals surface area contributed by atoms with Crippen LogP contribution in [0.25, 0.3) is 65.0 Å². The summed E-state index contributed by atoms with van der Waals surface area (Å²) in [6.07, 6.45) is 0. The molecule has 1 aliphatic rings. The molecule has 186 valence electrons. The normalized spacial score (nSPS) is 13.7. The molecule has 1 heterocycles. The van der Waals surface area contributed by atoms with E-state index in [0.29, 0.717) is 0 Å². The molecule has 1 aromatic heterocycles. The predicted molar refractivity (Wildman–Crippen MR) is 170 cm³/mol. The minimum Gasteiger partial charge on any atom is -0.140 e. The molecule has 0 bridgehead atoms. The van der Waals surface area contributed by atoms with Crippen molar-refractivity contribution in [3.8, 4) is 32.7 Å². The Morgan fingerprint density at radius 2 is 1.10 bits per heavy atom. The minimum atomic E-state index is -0.0000608. The second-order valence-electron chi connectivity index (χ2n) is 11.4. The Morgan fingerprint density at radius 1 is 0.513 bits per heavy atom. The van der Waals surface area contributed by atoms with Gasteiger partial charge in [-0.05, 0) is 90.3 Å². The number of thiophene rings is 1. The molecular formula is C38H28S. The third-order valence-corrected chi connectivity index (χ3v) is 9.83. The van der Waals surface area contributed by atoms with Crippen LogP contribution in [-0.2, 0) is 5.41 Å². The maximum atomic E-state index is 2.48. The van der Waals surface area contributed by atoms with Crippen LogP contribution in [0.15, 0.2) is 115 Å². The lowest BCUT2D eigenvalue weighted by atomic mass is 9.80. The Morgan fingerprint density at radius 3 is 1.79 bits per heavy atom. The number of benzene rings is 6. The monoisotopic (exact) mass is 516 g/mol. The van der Waals surface area contributed by atoms with Gasteiger partial charge in [0.05, 0.1) is 0 Å². The Hall–Kier alpha value is -4.20. The maximum Gasteiger partial charge on any atom is 0.0389 e. The fourth-order valence-electron chi connectivity index (χ4n) is 6.91. The molecule has 1 heteroatoms. The van der Waals surface area contributed by atoms with Gasteiger partial charge in [0.1, 0.15) is 0 Å². The lowest BCUT2D eigenvalue weighted by Gasteiger charge is -2.23. The molecule has 0 atom stereocenters. The second-order valence-corrected chi connectivity index (χ2v) is 12.6. The van der Waals surface area contributed by atoms with Gasteiger partial charge < -0.3 is 0 Å². The second kappa shape index (κ2) is 8.15. The molecule has 7 aromatic rings. The number of hydrogen-bond acceptors (Lipinski definition) is 1. The van der Waals surface area contributed by atoms with Crippen LogP contribution in [0, 0.1) is 6.92 Å². The SMILES string of the molecule is Cc1cc2c(s1)-c1ccc(-c3c4ccccc4c(-c4cccc5ccccc45)c4ccccc34)cc1C2(C)C. The summed E-state index contributed by atoms with van der Waals surface area (Å²) in [5.41, 5.74) is 9.55. The van der Waals surface area contributed by atoms with Gasteiger partial charge in [-0.2, -0.15) is 0 Å². The van der Waals surface area contributed by atoms with Gasteiger partial charge in [-0.3, -0.25) is 0 Å². The Balaban J connectivity index is 1.47. The van der Waals surface area contributed by atoms with E-state index in [1.807, 2.05) is 11.3 Å². The molecule has 0 N–H and O–H groups in total. The van der Waals surface area contributed by atoms with Crippen LogP contribution in [0.1, 0.15) is 29.9 Å². The Kier molecular flexibility index (Phi) is 4.75. The van der Waals surface area contributed by atoms with Gasteiger partial charge in [0.15, 0.2) is 0 Å². The molecule has 39 heavy (non-hydrogen) atoms. The third kappa shape index (κ3) is 3.17. The summed E-state index contributed by atoms with van der Waals surface area (Å²) in [6, 6.07) is 43.0. The molecule has 0 nitrogen and oxygen atoms in total. The van der Waals surface area contributed by atoms with Crippen molar-refractivity contribution < 1.29 is 0 Å². The highest BCUT2D eigenvalue weighted by Crippen LogP contribution is 2.54. The Bertz CT molecular complexity index is 2040. The molecule has 0 saturated carbocycles.